The molecule has 0 spiro atoms. The highest BCUT2D eigenvalue weighted by molar-refractivity contribution is 5.94. The molecule has 0 aliphatic carbocycles. The van der Waals surface area contributed by atoms with Crippen LogP contribution < -0.4 is 15.5 Å². The van der Waals surface area contributed by atoms with Crippen molar-refractivity contribution in [2.75, 3.05) is 5.32 Å². The number of fused-ring (bicyclic) bond motifs is 4. The molecule has 1 unspecified atom stereocenters. The number of aromatic carboxylic acids is 1. The number of hydrogen-bond donors (Lipinski definition) is 2. The van der Waals surface area contributed by atoms with E-state index in [4.69, 9.17) is 9.15 Å². The lowest BCUT2D eigenvalue weighted by molar-refractivity contribution is -0.137. The van der Waals surface area contributed by atoms with E-state index in [-0.39, 0.29) is 40.2 Å². The van der Waals surface area contributed by atoms with E-state index in [1.165, 1.54) is 12.1 Å². The Morgan fingerprint density at radius 2 is 1.86 bits per heavy atom. The first-order valence-electron chi connectivity index (χ1n) is 11.1. The first-order valence-corrected chi connectivity index (χ1v) is 11.1. The van der Waals surface area contributed by atoms with Crippen LogP contribution >= 0.6 is 0 Å². The molecular weight excluding hydrogens is 475 g/mol. The summed E-state index contributed by atoms with van der Waals surface area (Å²) in [6, 6.07) is 12.7. The van der Waals surface area contributed by atoms with Crippen LogP contribution in [-0.4, -0.2) is 11.1 Å². The number of nitrogens with one attached hydrogen (secondary N) is 1. The van der Waals surface area contributed by atoms with Crippen molar-refractivity contribution < 1.29 is 32.2 Å². The van der Waals surface area contributed by atoms with Gasteiger partial charge >= 0.3 is 12.1 Å². The summed E-state index contributed by atoms with van der Waals surface area (Å²) in [6.07, 6.45) is -4.52. The standard InChI is InChI=1S/C27H20F3NO5/c1-13-9-19(14(2)31-21-6-4-3-5-18(21)26(33)34)23-20(10-13)22(32)25-24(36-23)17-8-7-16(27(28,29)30)11-15(17)12-35-25/h3-11,14,31H,12H2,1-2H3,(H,33,34). The largest absolute Gasteiger partial charge is 0.481 e. The quantitative estimate of drug-likeness (QED) is 0.334. The third-order valence-corrected chi connectivity index (χ3v) is 6.17. The fraction of sp³-hybridized carbons (Fsp3) is 0.185. The second-order valence-electron chi connectivity index (χ2n) is 8.70. The highest BCUT2D eigenvalue weighted by atomic mass is 19.4. The SMILES string of the molecule is Cc1cc(C(C)Nc2ccccc2C(=O)O)c2oc3c(c(=O)c2c1)OCc1cc(C(F)(F)F)ccc1-3. The summed E-state index contributed by atoms with van der Waals surface area (Å²) in [4.78, 5) is 25.0. The third kappa shape index (κ3) is 3.96. The Hall–Kier alpha value is -4.27. The summed E-state index contributed by atoms with van der Waals surface area (Å²) >= 11 is 0. The summed E-state index contributed by atoms with van der Waals surface area (Å²) in [5, 5.41) is 12.9. The smallest absolute Gasteiger partial charge is 0.416 e. The number of carbonyl (C=O) groups is 1. The predicted octanol–water partition coefficient (Wildman–Crippen LogP) is 6.55. The molecular formula is C27H20F3NO5. The zero-order valence-corrected chi connectivity index (χ0v) is 19.2. The molecule has 0 fully saturated rings. The topological polar surface area (TPSA) is 88.8 Å². The Morgan fingerprint density at radius 1 is 1.11 bits per heavy atom. The number of halogens is 3. The van der Waals surface area contributed by atoms with E-state index < -0.39 is 29.2 Å². The van der Waals surface area contributed by atoms with Gasteiger partial charge in [0.2, 0.25) is 11.2 Å². The minimum Gasteiger partial charge on any atom is -0.481 e. The Labute approximate surface area is 202 Å². The molecule has 1 atom stereocenters. The van der Waals surface area contributed by atoms with Crippen LogP contribution in [-0.2, 0) is 12.8 Å². The Kier molecular flexibility index (Phi) is 5.50. The lowest BCUT2D eigenvalue weighted by Gasteiger charge is -2.23. The van der Waals surface area contributed by atoms with E-state index in [0.29, 0.717) is 16.8 Å². The van der Waals surface area contributed by atoms with E-state index in [9.17, 15) is 27.9 Å². The van der Waals surface area contributed by atoms with Gasteiger partial charge in [0, 0.05) is 22.4 Å². The van der Waals surface area contributed by atoms with Crippen LogP contribution in [0.25, 0.3) is 22.3 Å². The summed E-state index contributed by atoms with van der Waals surface area (Å²) in [7, 11) is 0. The average Bonchev–Trinajstić information content (AvgIpc) is 2.83. The number of benzene rings is 3. The van der Waals surface area contributed by atoms with Gasteiger partial charge in [-0.25, -0.2) is 4.79 Å². The van der Waals surface area contributed by atoms with Crippen molar-refractivity contribution >= 4 is 22.6 Å². The highest BCUT2D eigenvalue weighted by Gasteiger charge is 2.33. The van der Waals surface area contributed by atoms with Crippen molar-refractivity contribution in [2.45, 2.75) is 32.7 Å². The molecule has 6 nitrogen and oxygen atoms in total. The molecule has 1 aromatic heterocycles. The minimum atomic E-state index is -4.52. The molecule has 2 N–H and O–H groups in total. The molecule has 9 heteroatoms. The molecule has 4 aromatic rings. The van der Waals surface area contributed by atoms with Crippen molar-refractivity contribution in [3.05, 3.63) is 92.6 Å². The molecule has 5 rings (SSSR count). The fourth-order valence-corrected chi connectivity index (χ4v) is 4.46. The van der Waals surface area contributed by atoms with Gasteiger partial charge in [0.15, 0.2) is 5.76 Å². The predicted molar refractivity (Wildman–Crippen MR) is 127 cm³/mol. The van der Waals surface area contributed by atoms with Crippen molar-refractivity contribution in [1.29, 1.82) is 0 Å². The maximum absolute atomic E-state index is 13.4. The Morgan fingerprint density at radius 3 is 2.58 bits per heavy atom. The zero-order valence-electron chi connectivity index (χ0n) is 19.2. The molecule has 184 valence electrons. The Bertz CT molecular complexity index is 1590. The number of alkyl halides is 3. The molecule has 3 aromatic carbocycles. The normalized spacial score (nSPS) is 13.5. The molecule has 1 aliphatic heterocycles. The summed E-state index contributed by atoms with van der Waals surface area (Å²) < 4.78 is 51.4. The van der Waals surface area contributed by atoms with Gasteiger partial charge in [-0.05, 0) is 49.7 Å². The lowest BCUT2D eigenvalue weighted by atomic mass is 9.97. The molecule has 0 amide bonds. The maximum atomic E-state index is 13.4. The number of hydrogen-bond acceptors (Lipinski definition) is 5. The van der Waals surface area contributed by atoms with Gasteiger partial charge in [0.1, 0.15) is 12.2 Å². The molecule has 0 saturated carbocycles. The van der Waals surface area contributed by atoms with Gasteiger partial charge in [-0.15, -0.1) is 0 Å². The van der Waals surface area contributed by atoms with Gasteiger partial charge in [-0.2, -0.15) is 13.2 Å². The molecule has 1 aliphatic rings. The maximum Gasteiger partial charge on any atom is 0.416 e. The number of aryl methyl sites for hydroxylation is 1. The van der Waals surface area contributed by atoms with Gasteiger partial charge in [0.25, 0.3) is 0 Å². The lowest BCUT2D eigenvalue weighted by Crippen LogP contribution is -2.17. The van der Waals surface area contributed by atoms with Crippen LogP contribution in [0.1, 0.15) is 45.6 Å². The van der Waals surface area contributed by atoms with E-state index in [0.717, 1.165) is 17.7 Å². The van der Waals surface area contributed by atoms with Crippen LogP contribution in [0.5, 0.6) is 5.75 Å². The van der Waals surface area contributed by atoms with Crippen LogP contribution in [0.15, 0.2) is 63.8 Å². The van der Waals surface area contributed by atoms with Crippen LogP contribution in [0, 0.1) is 6.92 Å². The third-order valence-electron chi connectivity index (χ3n) is 6.17. The highest BCUT2D eigenvalue weighted by Crippen LogP contribution is 2.41. The van der Waals surface area contributed by atoms with Crippen molar-refractivity contribution in [1.82, 2.24) is 0 Å². The molecule has 0 bridgehead atoms. The molecule has 36 heavy (non-hydrogen) atoms. The van der Waals surface area contributed by atoms with E-state index >= 15 is 0 Å². The Balaban J connectivity index is 1.67. The fourth-order valence-electron chi connectivity index (χ4n) is 4.46. The monoisotopic (exact) mass is 495 g/mol. The second kappa shape index (κ2) is 8.44. The zero-order chi connectivity index (χ0) is 25.8. The van der Waals surface area contributed by atoms with Crippen LogP contribution in [0.3, 0.4) is 0 Å². The number of anilines is 1. The van der Waals surface area contributed by atoms with Gasteiger partial charge in [-0.3, -0.25) is 4.79 Å². The van der Waals surface area contributed by atoms with Crippen LogP contribution in [0.4, 0.5) is 18.9 Å². The van der Waals surface area contributed by atoms with Crippen LogP contribution in [0.2, 0.25) is 0 Å². The van der Waals surface area contributed by atoms with Crippen molar-refractivity contribution in [3.63, 3.8) is 0 Å². The first kappa shape index (κ1) is 23.5. The van der Waals surface area contributed by atoms with Gasteiger partial charge in [0.05, 0.1) is 22.6 Å². The second-order valence-corrected chi connectivity index (χ2v) is 8.70. The van der Waals surface area contributed by atoms with E-state index in [2.05, 4.69) is 5.32 Å². The molecule has 0 saturated heterocycles. The van der Waals surface area contributed by atoms with E-state index in [1.807, 2.05) is 13.0 Å². The number of carboxylic acid groups (broad SMARTS) is 1. The van der Waals surface area contributed by atoms with E-state index in [1.54, 1.807) is 31.2 Å². The number of rotatable bonds is 4. The minimum absolute atomic E-state index is 0.0526. The summed E-state index contributed by atoms with van der Waals surface area (Å²) in [6.45, 7) is 3.42. The van der Waals surface area contributed by atoms with Gasteiger partial charge in [-0.1, -0.05) is 24.3 Å². The number of carboxylic acids is 1. The number of para-hydroxylation sites is 1. The van der Waals surface area contributed by atoms with Gasteiger partial charge < -0.3 is 19.6 Å². The summed E-state index contributed by atoms with van der Waals surface area (Å²) in [5.41, 5.74) is 1.45. The molecule has 0 radical (unpaired) electrons. The first-order chi connectivity index (χ1) is 17.0. The molecule has 2 heterocycles. The van der Waals surface area contributed by atoms with Crippen molar-refractivity contribution in [3.8, 4) is 17.1 Å². The average molecular weight is 495 g/mol. The van der Waals surface area contributed by atoms with Crippen molar-refractivity contribution in [2.24, 2.45) is 0 Å². The number of ether oxygens (including phenoxy) is 1. The summed E-state index contributed by atoms with van der Waals surface area (Å²) in [5.74, 6) is -1.08.